The minimum Gasteiger partial charge on any atom is -0.462 e. The van der Waals surface area contributed by atoms with Gasteiger partial charge in [-0.1, -0.05) is 0 Å². The molecule has 0 unspecified atom stereocenters. The molecule has 0 radical (unpaired) electrons. The number of nitrogens with zero attached hydrogens (tertiary/aromatic N) is 5. The van der Waals surface area contributed by atoms with Gasteiger partial charge < -0.3 is 20.3 Å². The summed E-state index contributed by atoms with van der Waals surface area (Å²) in [7, 11) is -1.54. The van der Waals surface area contributed by atoms with Crippen LogP contribution in [0.15, 0.2) is 36.7 Å². The number of anilines is 2. The van der Waals surface area contributed by atoms with Gasteiger partial charge in [0.1, 0.15) is 12.1 Å². The number of aryl methyl sites for hydroxylation is 1. The molecule has 3 heterocycles. The minimum atomic E-state index is -3.24. The summed E-state index contributed by atoms with van der Waals surface area (Å²) in [4.78, 5) is 24.5. The van der Waals surface area contributed by atoms with Crippen LogP contribution in [0.3, 0.4) is 0 Å². The maximum Gasteiger partial charge on any atom is 0.316 e. The van der Waals surface area contributed by atoms with E-state index >= 15 is 0 Å². The molecule has 0 aliphatic carbocycles. The Kier molecular flexibility index (Phi) is 7.12. The van der Waals surface area contributed by atoms with Crippen molar-refractivity contribution in [3.8, 4) is 6.01 Å². The number of sulfone groups is 1. The molecule has 0 saturated carbocycles. The van der Waals surface area contributed by atoms with Crippen molar-refractivity contribution in [3.63, 3.8) is 0 Å². The van der Waals surface area contributed by atoms with Crippen LogP contribution in [0.4, 0.5) is 15.8 Å². The Morgan fingerprint density at radius 1 is 1.21 bits per heavy atom. The molecule has 11 nitrogen and oxygen atoms in total. The second kappa shape index (κ2) is 10.4. The number of halogens is 1. The number of nitrogens with one attached hydrogen (secondary N) is 2. The molecule has 0 bridgehead atoms. The van der Waals surface area contributed by atoms with Gasteiger partial charge in [0.25, 0.3) is 5.91 Å². The van der Waals surface area contributed by atoms with Gasteiger partial charge >= 0.3 is 6.01 Å². The number of hydrogen-bond donors (Lipinski definition) is 2. The predicted octanol–water partition coefficient (Wildman–Crippen LogP) is 2.52. The van der Waals surface area contributed by atoms with Crippen molar-refractivity contribution < 1.29 is 22.3 Å². The minimum absolute atomic E-state index is 0.0396. The monoisotopic (exact) mass is 555 g/mol. The van der Waals surface area contributed by atoms with Crippen LogP contribution in [0.1, 0.15) is 24.2 Å². The zero-order valence-electron chi connectivity index (χ0n) is 22.1. The van der Waals surface area contributed by atoms with Crippen LogP contribution in [0, 0.1) is 5.82 Å². The molecule has 2 aromatic heterocycles. The maximum atomic E-state index is 14.6. The van der Waals surface area contributed by atoms with Crippen molar-refractivity contribution in [2.75, 3.05) is 41.9 Å². The van der Waals surface area contributed by atoms with E-state index in [0.29, 0.717) is 16.3 Å². The fourth-order valence-corrected chi connectivity index (χ4v) is 5.29. The first kappa shape index (κ1) is 26.8. The topological polar surface area (TPSA) is 131 Å². The van der Waals surface area contributed by atoms with E-state index < -0.39 is 21.6 Å². The first-order valence-electron chi connectivity index (χ1n) is 12.5. The molecule has 2 aromatic carbocycles. The molecule has 206 valence electrons. The van der Waals surface area contributed by atoms with Crippen molar-refractivity contribution in [3.05, 3.63) is 48.0 Å². The number of piperazine rings is 1. The van der Waals surface area contributed by atoms with Gasteiger partial charge in [0.2, 0.25) is 0 Å². The van der Waals surface area contributed by atoms with Crippen LogP contribution < -0.4 is 20.3 Å². The highest BCUT2D eigenvalue weighted by molar-refractivity contribution is 7.90. The molecular formula is C26H30FN7O4S. The second-order valence-corrected chi connectivity index (χ2v) is 12.3. The average molecular weight is 556 g/mol. The summed E-state index contributed by atoms with van der Waals surface area (Å²) in [6.45, 7) is 5.59. The molecule has 1 fully saturated rings. The number of ether oxygens (including phenoxy) is 1. The highest BCUT2D eigenvalue weighted by Gasteiger charge is 2.25. The summed E-state index contributed by atoms with van der Waals surface area (Å²) in [6.07, 6.45) is 4.37. The third-order valence-electron chi connectivity index (χ3n) is 6.47. The summed E-state index contributed by atoms with van der Waals surface area (Å²) in [6, 6.07) is 6.88. The summed E-state index contributed by atoms with van der Waals surface area (Å²) >= 11 is 0. The molecule has 5 rings (SSSR count). The first-order chi connectivity index (χ1) is 18.5. The number of carbonyl (C=O) groups excluding carboxylic acids is 1. The van der Waals surface area contributed by atoms with E-state index in [9.17, 15) is 17.6 Å². The summed E-state index contributed by atoms with van der Waals surface area (Å²) in [5, 5.41) is 11.6. The van der Waals surface area contributed by atoms with E-state index in [0.717, 1.165) is 25.0 Å². The van der Waals surface area contributed by atoms with Crippen LogP contribution in [-0.4, -0.2) is 77.9 Å². The van der Waals surface area contributed by atoms with Gasteiger partial charge in [-0.2, -0.15) is 10.1 Å². The van der Waals surface area contributed by atoms with Crippen molar-refractivity contribution in [1.29, 1.82) is 0 Å². The smallest absolute Gasteiger partial charge is 0.316 e. The van der Waals surface area contributed by atoms with E-state index in [1.54, 1.807) is 31.6 Å². The standard InChI is InChI=1S/C26H30FN7O4S/c1-15-12-34(13-16(2)29-15)22-6-5-19(24-20(22)11-28-26(31-24)38-7-8-39(4,36)37)25(35)30-18-9-17-14-33(3)32-23(17)21(27)10-18/h5-6,9-11,14-16,29H,7-8,12-13H2,1-4H3,(H,30,35)/t15-,16+. The zero-order chi connectivity index (χ0) is 27.9. The predicted molar refractivity (Wildman–Crippen MR) is 148 cm³/mol. The largest absolute Gasteiger partial charge is 0.462 e. The highest BCUT2D eigenvalue weighted by Crippen LogP contribution is 2.31. The molecule has 0 spiro atoms. The highest BCUT2D eigenvalue weighted by atomic mass is 32.2. The van der Waals surface area contributed by atoms with E-state index in [1.807, 2.05) is 6.07 Å². The molecule has 4 aromatic rings. The summed E-state index contributed by atoms with van der Waals surface area (Å²) in [5.41, 5.74) is 1.95. The van der Waals surface area contributed by atoms with Gasteiger partial charge in [-0.15, -0.1) is 0 Å². The van der Waals surface area contributed by atoms with Gasteiger partial charge in [0, 0.05) is 73.0 Å². The number of benzene rings is 2. The lowest BCUT2D eigenvalue weighted by Crippen LogP contribution is -2.54. The Morgan fingerprint density at radius 2 is 1.95 bits per heavy atom. The molecule has 13 heteroatoms. The van der Waals surface area contributed by atoms with Crippen LogP contribution in [0.2, 0.25) is 0 Å². The van der Waals surface area contributed by atoms with E-state index in [2.05, 4.69) is 44.4 Å². The lowest BCUT2D eigenvalue weighted by atomic mass is 10.0. The number of hydrogen-bond acceptors (Lipinski definition) is 9. The quantitative estimate of drug-likeness (QED) is 0.353. The van der Waals surface area contributed by atoms with Gasteiger partial charge in [0.05, 0.1) is 16.8 Å². The van der Waals surface area contributed by atoms with Crippen molar-refractivity contribution in [2.45, 2.75) is 25.9 Å². The lowest BCUT2D eigenvalue weighted by molar-refractivity contribution is 0.102. The molecule has 39 heavy (non-hydrogen) atoms. The third kappa shape index (κ3) is 5.93. The van der Waals surface area contributed by atoms with E-state index in [1.165, 1.54) is 10.7 Å². The fourth-order valence-electron chi connectivity index (χ4n) is 4.91. The Labute approximate surface area is 225 Å². The van der Waals surface area contributed by atoms with Crippen molar-refractivity contribution >= 4 is 48.9 Å². The lowest BCUT2D eigenvalue weighted by Gasteiger charge is -2.38. The van der Waals surface area contributed by atoms with Crippen LogP contribution in [-0.2, 0) is 16.9 Å². The Bertz CT molecular complexity index is 1660. The number of aromatic nitrogens is 4. The van der Waals surface area contributed by atoms with E-state index in [-0.39, 0.29) is 47.2 Å². The number of fused-ring (bicyclic) bond motifs is 2. The van der Waals surface area contributed by atoms with Crippen molar-refractivity contribution in [1.82, 2.24) is 25.1 Å². The van der Waals surface area contributed by atoms with Gasteiger partial charge in [-0.3, -0.25) is 9.48 Å². The van der Waals surface area contributed by atoms with Gasteiger partial charge in [-0.05, 0) is 38.1 Å². The zero-order valence-corrected chi connectivity index (χ0v) is 22.9. The molecule has 2 N–H and O–H groups in total. The van der Waals surface area contributed by atoms with Crippen LogP contribution in [0.5, 0.6) is 6.01 Å². The third-order valence-corrected chi connectivity index (χ3v) is 7.38. The molecule has 1 aliphatic rings. The number of rotatable bonds is 7. The Hall–Kier alpha value is -3.84. The number of amides is 1. The molecule has 1 amide bonds. The van der Waals surface area contributed by atoms with Crippen molar-refractivity contribution in [2.24, 2.45) is 7.05 Å². The normalized spacial score (nSPS) is 18.0. The SMILES string of the molecule is C[C@@H]1CN(c2ccc(C(=O)Nc3cc(F)c4nn(C)cc4c3)c3nc(OCCS(C)(=O)=O)ncc23)C[C@H](C)N1. The summed E-state index contributed by atoms with van der Waals surface area (Å²) < 4.78 is 44.7. The Balaban J connectivity index is 1.52. The maximum absolute atomic E-state index is 14.6. The Morgan fingerprint density at radius 3 is 2.67 bits per heavy atom. The summed E-state index contributed by atoms with van der Waals surface area (Å²) in [5.74, 6) is -1.23. The fraction of sp³-hybridized carbons (Fsp3) is 0.385. The molecule has 2 atom stereocenters. The average Bonchev–Trinajstić information content (AvgIpc) is 3.22. The van der Waals surface area contributed by atoms with Crippen LogP contribution >= 0.6 is 0 Å². The van der Waals surface area contributed by atoms with Crippen LogP contribution in [0.25, 0.3) is 21.8 Å². The first-order valence-corrected chi connectivity index (χ1v) is 14.6. The van der Waals surface area contributed by atoms with E-state index in [4.69, 9.17) is 4.74 Å². The molecule has 1 saturated heterocycles. The molecular weight excluding hydrogens is 525 g/mol. The molecule has 1 aliphatic heterocycles. The van der Waals surface area contributed by atoms with Gasteiger partial charge in [0.15, 0.2) is 15.7 Å². The second-order valence-electron chi connectivity index (χ2n) is 10.1. The number of carbonyl (C=O) groups is 1. The van der Waals surface area contributed by atoms with Gasteiger partial charge in [-0.25, -0.2) is 17.8 Å².